The summed E-state index contributed by atoms with van der Waals surface area (Å²) in [6, 6.07) is 0. The summed E-state index contributed by atoms with van der Waals surface area (Å²) in [6.45, 7) is 0. The number of hydrogen-bond acceptors (Lipinski definition) is 1. The first-order valence-corrected chi connectivity index (χ1v) is 5.01. The fourth-order valence-electron chi connectivity index (χ4n) is 0.244. The first-order chi connectivity index (χ1) is 3.29. The number of rotatable bonds is 0. The van der Waals surface area contributed by atoms with Crippen LogP contribution in [0.5, 0.6) is 0 Å². The van der Waals surface area contributed by atoms with Gasteiger partial charge >= 0.3 is 64.1 Å². The zero-order valence-electron chi connectivity index (χ0n) is 3.25. The molecule has 1 nitrogen and oxygen atoms in total. The minimum atomic E-state index is 0.486. The summed E-state index contributed by atoms with van der Waals surface area (Å²) in [5.41, 5.74) is 0. The van der Waals surface area contributed by atoms with Crippen molar-refractivity contribution in [3.63, 3.8) is 0 Å². The van der Waals surface area contributed by atoms with E-state index in [0.29, 0.717) is 15.0 Å². The molecule has 4 heteroatoms. The predicted octanol–water partition coefficient (Wildman–Crippen LogP) is -1.67. The van der Waals surface area contributed by atoms with Crippen molar-refractivity contribution >= 4 is 59.1 Å². The van der Waals surface area contributed by atoms with Crippen LogP contribution in [0.25, 0.3) is 0 Å². The molecule has 1 aliphatic heterocycles. The van der Waals surface area contributed by atoms with Crippen LogP contribution < -0.4 is 0 Å². The fourth-order valence-corrected chi connectivity index (χ4v) is 4.50. The topological polar surface area (TPSA) is 12.4 Å². The van der Waals surface area contributed by atoms with Gasteiger partial charge in [0.25, 0.3) is 0 Å². The summed E-state index contributed by atoms with van der Waals surface area (Å²) >= 11 is 6.28. The van der Waals surface area contributed by atoms with Crippen molar-refractivity contribution in [2.24, 2.45) is 4.99 Å². The minimum absolute atomic E-state index is 0.486. The molecule has 0 radical (unpaired) electrons. The molecule has 1 aliphatic rings. The quantitative estimate of drug-likeness (QED) is 0.473. The maximum absolute atomic E-state index is 4.01. The van der Waals surface area contributed by atoms with E-state index in [2.05, 4.69) is 36.1 Å². The van der Waals surface area contributed by atoms with Crippen molar-refractivity contribution in [2.75, 3.05) is 0 Å². The van der Waals surface area contributed by atoms with Gasteiger partial charge in [-0.3, -0.25) is 0 Å². The molecule has 0 bridgehead atoms. The molecule has 0 atom stereocenters. The second-order valence-electron chi connectivity index (χ2n) is 0.945. The molecule has 0 amide bonds. The van der Waals surface area contributed by atoms with Crippen LogP contribution in [0.15, 0.2) is 4.99 Å². The summed E-state index contributed by atoms with van der Waals surface area (Å²) in [5, 5.41) is 0. The summed E-state index contributed by atoms with van der Waals surface area (Å²) < 4.78 is 2.42. The van der Waals surface area contributed by atoms with Crippen molar-refractivity contribution in [3.05, 3.63) is 0 Å². The van der Waals surface area contributed by atoms with Gasteiger partial charge in [0.15, 0.2) is 0 Å². The first kappa shape index (κ1) is 6.09. The van der Waals surface area contributed by atoms with Gasteiger partial charge in [0, 0.05) is 0 Å². The van der Waals surface area contributed by atoms with Crippen LogP contribution in [0.2, 0.25) is 0 Å². The molecular weight excluding hydrogens is 287 g/mol. The number of aliphatic imine (C=N–C) groups is 1. The van der Waals surface area contributed by atoms with Crippen molar-refractivity contribution in [3.8, 4) is 0 Å². The van der Waals surface area contributed by atoms with Crippen LogP contribution in [0.3, 0.4) is 0 Å². The van der Waals surface area contributed by atoms with Crippen LogP contribution in [0.4, 0.5) is 0 Å². The van der Waals surface area contributed by atoms with Crippen LogP contribution in [0, 0.1) is 0 Å². The Bertz CT molecular complexity index is 132. The predicted molar refractivity (Wildman–Crippen MR) is 35.8 cm³/mol. The van der Waals surface area contributed by atoms with E-state index in [-0.39, 0.29) is 0 Å². The van der Waals surface area contributed by atoms with E-state index in [1.807, 2.05) is 6.21 Å². The fraction of sp³-hybridized carbons (Fsp3) is 0. The molecule has 0 unspecified atom stereocenters. The molecular formula is C3HNSe3. The van der Waals surface area contributed by atoms with Crippen LogP contribution in [-0.4, -0.2) is 59.1 Å². The molecule has 0 aromatic rings. The average molecular weight is 288 g/mol. The molecule has 1 rings (SSSR count). The van der Waals surface area contributed by atoms with Gasteiger partial charge in [-0.2, -0.15) is 0 Å². The second-order valence-corrected chi connectivity index (χ2v) is 7.46. The number of nitrogens with zero attached hydrogens (tertiary/aromatic N) is 1. The zero-order chi connectivity index (χ0) is 5.28. The second kappa shape index (κ2) is 2.50. The zero-order valence-corrected chi connectivity index (χ0v) is 8.39. The Kier molecular flexibility index (Phi) is 2.17. The van der Waals surface area contributed by atoms with E-state index >= 15 is 0 Å². The summed E-state index contributed by atoms with van der Waals surface area (Å²) in [5.74, 6) is 0. The molecule has 36 valence electrons. The van der Waals surface area contributed by atoms with Gasteiger partial charge in [-0.15, -0.1) is 0 Å². The van der Waals surface area contributed by atoms with E-state index in [4.69, 9.17) is 0 Å². The Morgan fingerprint density at radius 1 is 1.57 bits per heavy atom. The Labute approximate surface area is 63.8 Å². The standard InChI is InChI=1S/C3HNSe3/c5-2-1-4-3(6)7-2/h1H. The monoisotopic (exact) mass is 291 g/mol. The van der Waals surface area contributed by atoms with Gasteiger partial charge in [-0.1, -0.05) is 0 Å². The van der Waals surface area contributed by atoms with E-state index in [9.17, 15) is 0 Å². The Balaban J connectivity index is 2.76. The maximum atomic E-state index is 4.01. The van der Waals surface area contributed by atoms with Crippen molar-refractivity contribution < 1.29 is 0 Å². The summed E-state index contributed by atoms with van der Waals surface area (Å²) in [7, 11) is 0. The van der Waals surface area contributed by atoms with Crippen LogP contribution in [0.1, 0.15) is 0 Å². The van der Waals surface area contributed by atoms with E-state index in [0.717, 1.165) is 3.44 Å². The molecule has 0 saturated carbocycles. The average Bonchev–Trinajstić information content (AvgIpc) is 1.87. The molecule has 0 aromatic heterocycles. The Hall–Kier alpha value is 0.968. The third-order valence-corrected chi connectivity index (χ3v) is 3.95. The van der Waals surface area contributed by atoms with Gasteiger partial charge in [0.2, 0.25) is 0 Å². The van der Waals surface area contributed by atoms with Crippen molar-refractivity contribution in [1.82, 2.24) is 0 Å². The van der Waals surface area contributed by atoms with Gasteiger partial charge in [-0.05, 0) is 0 Å². The molecule has 1 heterocycles. The molecule has 7 heavy (non-hydrogen) atoms. The SMILES string of the molecule is [Se]=C1C=NC(=[Se])[Se]1. The third kappa shape index (κ3) is 1.73. The normalized spacial score (nSPS) is 18.9. The van der Waals surface area contributed by atoms with Crippen LogP contribution in [-0.2, 0) is 0 Å². The molecule has 0 N–H and O–H groups in total. The molecule has 0 aromatic carbocycles. The molecule has 0 aliphatic carbocycles. The molecule has 0 saturated heterocycles. The molecule has 0 fully saturated rings. The van der Waals surface area contributed by atoms with Crippen LogP contribution >= 0.6 is 0 Å². The van der Waals surface area contributed by atoms with E-state index < -0.39 is 0 Å². The van der Waals surface area contributed by atoms with Gasteiger partial charge in [-0.25, -0.2) is 0 Å². The molecule has 0 spiro atoms. The first-order valence-electron chi connectivity index (χ1n) is 1.59. The van der Waals surface area contributed by atoms with Crippen molar-refractivity contribution in [1.29, 1.82) is 0 Å². The Morgan fingerprint density at radius 2 is 2.29 bits per heavy atom. The summed E-state index contributed by atoms with van der Waals surface area (Å²) in [6.07, 6.45) is 1.87. The van der Waals surface area contributed by atoms with E-state index in [1.54, 1.807) is 0 Å². The Morgan fingerprint density at radius 3 is 2.43 bits per heavy atom. The van der Waals surface area contributed by atoms with E-state index in [1.165, 1.54) is 3.32 Å². The van der Waals surface area contributed by atoms with Gasteiger partial charge in [0.1, 0.15) is 0 Å². The van der Waals surface area contributed by atoms with Gasteiger partial charge < -0.3 is 0 Å². The van der Waals surface area contributed by atoms with Crippen molar-refractivity contribution in [2.45, 2.75) is 0 Å². The number of hydrogen-bond donors (Lipinski definition) is 0. The van der Waals surface area contributed by atoms with Gasteiger partial charge in [0.05, 0.1) is 0 Å². The summed E-state index contributed by atoms with van der Waals surface area (Å²) in [4.78, 5) is 4.01. The third-order valence-electron chi connectivity index (χ3n) is 0.463.